The molecule has 2 N–H and O–H groups in total. The van der Waals surface area contributed by atoms with E-state index < -0.39 is 17.6 Å². The second-order valence-electron chi connectivity index (χ2n) is 10.2. The number of ether oxygens (including phenoxy) is 1. The summed E-state index contributed by atoms with van der Waals surface area (Å²) < 4.78 is 5.64. The van der Waals surface area contributed by atoms with Crippen molar-refractivity contribution in [1.82, 2.24) is 0 Å². The van der Waals surface area contributed by atoms with Crippen molar-refractivity contribution in [3.63, 3.8) is 0 Å². The molecule has 4 saturated carbocycles. The van der Waals surface area contributed by atoms with Crippen LogP contribution in [-0.2, 0) is 14.3 Å². The first-order chi connectivity index (χ1) is 12.5. The molecule has 4 rings (SSSR count). The van der Waals surface area contributed by atoms with Crippen LogP contribution in [0, 0.1) is 34.0 Å². The Bertz CT molecular complexity index is 711. The van der Waals surface area contributed by atoms with Crippen molar-refractivity contribution in [3.8, 4) is 0 Å². The molecule has 0 unspecified atom stereocenters. The molecule has 150 valence electrons. The molecule has 0 saturated heterocycles. The lowest BCUT2D eigenvalue weighted by molar-refractivity contribution is -0.242. The first kappa shape index (κ1) is 19.1. The average Bonchev–Trinajstić information content (AvgIpc) is 2.69. The number of fused-ring (bicyclic) bond motifs is 3. The topological polar surface area (TPSA) is 83.8 Å². The van der Waals surface area contributed by atoms with E-state index in [2.05, 4.69) is 27.4 Å². The lowest BCUT2D eigenvalue weighted by Crippen LogP contribution is -2.68. The van der Waals surface area contributed by atoms with E-state index in [9.17, 15) is 19.8 Å². The fourth-order valence-corrected chi connectivity index (χ4v) is 7.72. The van der Waals surface area contributed by atoms with Crippen molar-refractivity contribution >= 4 is 11.8 Å². The van der Waals surface area contributed by atoms with Gasteiger partial charge in [0.15, 0.2) is 5.78 Å². The fourth-order valence-electron chi connectivity index (χ4n) is 7.72. The zero-order chi connectivity index (χ0) is 19.9. The highest BCUT2D eigenvalue weighted by Gasteiger charge is 2.74. The van der Waals surface area contributed by atoms with Crippen molar-refractivity contribution in [2.45, 2.75) is 78.1 Å². The van der Waals surface area contributed by atoms with E-state index in [0.29, 0.717) is 12.0 Å². The number of esters is 1. The molecule has 27 heavy (non-hydrogen) atoms. The number of carbonyl (C=O) groups is 2. The Morgan fingerprint density at radius 2 is 1.81 bits per heavy atom. The summed E-state index contributed by atoms with van der Waals surface area (Å²) >= 11 is 0. The molecule has 0 amide bonds. The van der Waals surface area contributed by atoms with Crippen molar-refractivity contribution in [1.29, 1.82) is 0 Å². The summed E-state index contributed by atoms with van der Waals surface area (Å²) in [6, 6.07) is 0. The van der Waals surface area contributed by atoms with Crippen molar-refractivity contribution in [2.24, 2.45) is 34.0 Å². The van der Waals surface area contributed by atoms with Gasteiger partial charge in [0.25, 0.3) is 0 Å². The summed E-state index contributed by atoms with van der Waals surface area (Å²) in [5.74, 6) is -0.570. The Morgan fingerprint density at radius 1 is 1.15 bits per heavy atom. The van der Waals surface area contributed by atoms with Gasteiger partial charge >= 0.3 is 5.97 Å². The summed E-state index contributed by atoms with van der Waals surface area (Å²) in [5, 5.41) is 22.4. The normalized spacial score (nSPS) is 50.7. The highest BCUT2D eigenvalue weighted by Crippen LogP contribution is 2.71. The Kier molecular flexibility index (Phi) is 4.01. The summed E-state index contributed by atoms with van der Waals surface area (Å²) in [6.07, 6.45) is 1.68. The van der Waals surface area contributed by atoms with Crippen molar-refractivity contribution < 1.29 is 24.5 Å². The third kappa shape index (κ3) is 2.13. The molecular formula is C22H32O5. The van der Waals surface area contributed by atoms with Gasteiger partial charge in [0, 0.05) is 18.3 Å². The summed E-state index contributed by atoms with van der Waals surface area (Å²) in [5.41, 5.74) is -1.10. The molecule has 5 heteroatoms. The van der Waals surface area contributed by atoms with Crippen LogP contribution >= 0.6 is 0 Å². The van der Waals surface area contributed by atoms with Crippen LogP contribution in [0.1, 0.15) is 59.8 Å². The van der Waals surface area contributed by atoms with E-state index in [0.717, 1.165) is 25.7 Å². The number of Topliss-reactive ketones (excluding diaryl/α,β-unsaturated/α-hetero) is 1. The van der Waals surface area contributed by atoms with Gasteiger partial charge in [0.2, 0.25) is 0 Å². The second kappa shape index (κ2) is 5.66. The molecule has 0 aromatic heterocycles. The van der Waals surface area contributed by atoms with Gasteiger partial charge in [-0.05, 0) is 54.9 Å². The van der Waals surface area contributed by atoms with Crippen LogP contribution in [0.3, 0.4) is 0 Å². The summed E-state index contributed by atoms with van der Waals surface area (Å²) in [7, 11) is 0. The minimum Gasteiger partial charge on any atom is -0.462 e. The first-order valence-corrected chi connectivity index (χ1v) is 10.3. The molecule has 0 aromatic carbocycles. The SMILES string of the molecule is C=C1C(=O)[C@@]23[C@H](O)C[C@@H]4C(C)(C)[C@@H](OC(C)=O)CC[C@@]4(C)[C@@H]2CC[C@@H]1[C@@H]3O. The maximum Gasteiger partial charge on any atom is 0.302 e. The van der Waals surface area contributed by atoms with Crippen LogP contribution < -0.4 is 0 Å². The van der Waals surface area contributed by atoms with Crippen LogP contribution in [0.25, 0.3) is 0 Å². The van der Waals surface area contributed by atoms with E-state index >= 15 is 0 Å². The largest absolute Gasteiger partial charge is 0.462 e. The van der Waals surface area contributed by atoms with Gasteiger partial charge in [0.1, 0.15) is 6.10 Å². The number of aliphatic hydroxyl groups excluding tert-OH is 2. The van der Waals surface area contributed by atoms with Crippen LogP contribution in [0.2, 0.25) is 0 Å². The molecule has 5 nitrogen and oxygen atoms in total. The molecule has 8 atom stereocenters. The van der Waals surface area contributed by atoms with Crippen LogP contribution in [-0.4, -0.2) is 40.3 Å². The van der Waals surface area contributed by atoms with Gasteiger partial charge in [-0.3, -0.25) is 9.59 Å². The maximum atomic E-state index is 13.3. The van der Waals surface area contributed by atoms with E-state index in [1.165, 1.54) is 6.92 Å². The smallest absolute Gasteiger partial charge is 0.302 e. The van der Waals surface area contributed by atoms with Crippen molar-refractivity contribution in [2.75, 3.05) is 0 Å². The number of hydrogen-bond acceptors (Lipinski definition) is 5. The lowest BCUT2D eigenvalue weighted by atomic mass is 9.39. The predicted molar refractivity (Wildman–Crippen MR) is 99.6 cm³/mol. The van der Waals surface area contributed by atoms with E-state index in [1.54, 1.807) is 0 Å². The van der Waals surface area contributed by atoms with Gasteiger partial charge < -0.3 is 14.9 Å². The van der Waals surface area contributed by atoms with Gasteiger partial charge in [-0.2, -0.15) is 0 Å². The van der Waals surface area contributed by atoms with Crippen LogP contribution in [0.15, 0.2) is 12.2 Å². The van der Waals surface area contributed by atoms with Gasteiger partial charge in [0.05, 0.1) is 17.6 Å². The third-order valence-corrected chi connectivity index (χ3v) is 8.93. The Balaban J connectivity index is 1.79. The standard InChI is InChI=1S/C22H32O5/c1-11-13-6-7-14-21(5)9-8-17(27-12(2)23)20(3,4)15(21)10-16(24)22(14,18(11)25)19(13)26/h13-17,19,24,26H,1,6-10H2,2-5H3/t13-,14-,15+,16+,17-,19-,21-,22-/m0/s1. The average molecular weight is 376 g/mol. The van der Waals surface area contributed by atoms with Crippen LogP contribution in [0.5, 0.6) is 0 Å². The second-order valence-corrected chi connectivity index (χ2v) is 10.2. The predicted octanol–water partition coefficient (Wildman–Crippen LogP) is 2.64. The maximum absolute atomic E-state index is 13.3. The fraction of sp³-hybridized carbons (Fsp3) is 0.818. The van der Waals surface area contributed by atoms with Gasteiger partial charge in [-0.25, -0.2) is 0 Å². The lowest BCUT2D eigenvalue weighted by Gasteiger charge is -2.66. The molecule has 0 heterocycles. The zero-order valence-corrected chi connectivity index (χ0v) is 16.8. The monoisotopic (exact) mass is 376 g/mol. The Labute approximate surface area is 161 Å². The number of hydrogen-bond donors (Lipinski definition) is 2. The van der Waals surface area contributed by atoms with Gasteiger partial charge in [-0.1, -0.05) is 27.4 Å². The number of carbonyl (C=O) groups excluding carboxylic acids is 2. The van der Waals surface area contributed by atoms with Crippen molar-refractivity contribution in [3.05, 3.63) is 12.2 Å². The molecule has 2 bridgehead atoms. The van der Waals surface area contributed by atoms with Crippen LogP contribution in [0.4, 0.5) is 0 Å². The number of ketones is 1. The summed E-state index contributed by atoms with van der Waals surface area (Å²) in [4.78, 5) is 24.9. The highest BCUT2D eigenvalue weighted by atomic mass is 16.5. The number of rotatable bonds is 1. The molecule has 0 aliphatic heterocycles. The van der Waals surface area contributed by atoms with E-state index in [-0.39, 0.29) is 46.4 Å². The number of aliphatic hydroxyl groups is 2. The zero-order valence-electron chi connectivity index (χ0n) is 16.8. The summed E-state index contributed by atoms with van der Waals surface area (Å²) in [6.45, 7) is 11.9. The minimum atomic E-state index is -1.10. The minimum absolute atomic E-state index is 0.0747. The third-order valence-electron chi connectivity index (χ3n) is 8.93. The molecular weight excluding hydrogens is 344 g/mol. The first-order valence-electron chi connectivity index (χ1n) is 10.3. The highest BCUT2D eigenvalue weighted by molar-refractivity contribution is 6.04. The molecule has 0 radical (unpaired) electrons. The molecule has 4 fully saturated rings. The Morgan fingerprint density at radius 3 is 2.44 bits per heavy atom. The molecule has 0 aromatic rings. The molecule has 1 spiro atoms. The molecule has 4 aliphatic rings. The van der Waals surface area contributed by atoms with Gasteiger partial charge in [-0.15, -0.1) is 0 Å². The quantitative estimate of drug-likeness (QED) is 0.543. The van der Waals surface area contributed by atoms with E-state index in [4.69, 9.17) is 4.74 Å². The van der Waals surface area contributed by atoms with E-state index in [1.807, 2.05) is 0 Å². The molecule has 4 aliphatic carbocycles. The Hall–Kier alpha value is -1.20.